The summed E-state index contributed by atoms with van der Waals surface area (Å²) in [5.74, 6) is 0.481. The quantitative estimate of drug-likeness (QED) is 0.845. The maximum absolute atomic E-state index is 12.2. The van der Waals surface area contributed by atoms with Gasteiger partial charge < -0.3 is 10.6 Å². The van der Waals surface area contributed by atoms with E-state index < -0.39 is 11.7 Å². The Morgan fingerprint density at radius 3 is 2.38 bits per heavy atom. The zero-order valence-electron chi connectivity index (χ0n) is 8.21. The van der Waals surface area contributed by atoms with Crippen LogP contribution in [-0.4, -0.2) is 24.1 Å². The Hall–Kier alpha value is -1.01. The maximum Gasteiger partial charge on any atom is 0.417 e. The molecule has 0 amide bonds. The Morgan fingerprint density at radius 2 is 2.00 bits per heavy atom. The average Bonchev–Trinajstić information content (AvgIpc) is 2.11. The maximum atomic E-state index is 12.2. The molecule has 1 aliphatic rings. The highest BCUT2D eigenvalue weighted by Crippen LogP contribution is 2.28. The summed E-state index contributed by atoms with van der Waals surface area (Å²) >= 11 is 0. The molecule has 1 fully saturated rings. The van der Waals surface area contributed by atoms with Gasteiger partial charge in [0.05, 0.1) is 11.6 Å². The third-order valence-corrected chi connectivity index (χ3v) is 2.22. The van der Waals surface area contributed by atoms with Crippen LogP contribution >= 0.6 is 12.4 Å². The fraction of sp³-hybridized carbons (Fsp3) is 0.444. The van der Waals surface area contributed by atoms with Crippen LogP contribution in [0.5, 0.6) is 0 Å². The van der Waals surface area contributed by atoms with Gasteiger partial charge in [-0.25, -0.2) is 4.98 Å². The molecule has 0 aromatic carbocycles. The summed E-state index contributed by atoms with van der Waals surface area (Å²) in [6.07, 6.45) is -3.47. The van der Waals surface area contributed by atoms with E-state index in [0.29, 0.717) is 5.82 Å². The molecule has 0 atom stereocenters. The van der Waals surface area contributed by atoms with E-state index in [4.69, 9.17) is 0 Å². The standard InChI is InChI=1S/C9H10F3N3.ClH/c10-9(11,12)6-1-2-8(14-3-6)15-7-4-13-5-7;/h1-3,7,13H,4-5H2,(H,14,15);1H. The van der Waals surface area contributed by atoms with Crippen molar-refractivity contribution < 1.29 is 13.2 Å². The Bertz CT molecular complexity index is 335. The molecule has 90 valence electrons. The molecule has 1 aromatic heterocycles. The highest BCUT2D eigenvalue weighted by molar-refractivity contribution is 5.85. The van der Waals surface area contributed by atoms with Gasteiger partial charge in [0, 0.05) is 19.3 Å². The minimum absolute atomic E-state index is 0. The Labute approximate surface area is 96.9 Å². The first-order chi connectivity index (χ1) is 7.05. The Morgan fingerprint density at radius 1 is 1.31 bits per heavy atom. The van der Waals surface area contributed by atoms with Crippen LogP contribution in [0.3, 0.4) is 0 Å². The molecule has 2 N–H and O–H groups in total. The lowest BCUT2D eigenvalue weighted by Gasteiger charge is -2.28. The van der Waals surface area contributed by atoms with Gasteiger partial charge in [-0.15, -0.1) is 12.4 Å². The first-order valence-electron chi connectivity index (χ1n) is 4.56. The number of aromatic nitrogens is 1. The number of hydrogen-bond donors (Lipinski definition) is 2. The summed E-state index contributed by atoms with van der Waals surface area (Å²) in [4.78, 5) is 3.71. The molecule has 0 bridgehead atoms. The fourth-order valence-electron chi connectivity index (χ4n) is 1.25. The third-order valence-electron chi connectivity index (χ3n) is 2.22. The predicted molar refractivity (Wildman–Crippen MR) is 56.8 cm³/mol. The molecule has 0 aliphatic carbocycles. The molecule has 16 heavy (non-hydrogen) atoms. The molecule has 3 nitrogen and oxygen atoms in total. The molecule has 0 radical (unpaired) electrons. The molecule has 7 heteroatoms. The van der Waals surface area contributed by atoms with E-state index in [2.05, 4.69) is 15.6 Å². The van der Waals surface area contributed by atoms with Crippen molar-refractivity contribution in [1.29, 1.82) is 0 Å². The van der Waals surface area contributed by atoms with E-state index >= 15 is 0 Å². The molecule has 0 saturated carbocycles. The molecule has 2 heterocycles. The fourth-order valence-corrected chi connectivity index (χ4v) is 1.25. The van der Waals surface area contributed by atoms with Crippen LogP contribution in [0.4, 0.5) is 19.0 Å². The van der Waals surface area contributed by atoms with Crippen molar-refractivity contribution in [2.45, 2.75) is 12.2 Å². The predicted octanol–water partition coefficient (Wildman–Crippen LogP) is 1.91. The molecular formula is C9H11ClF3N3. The van der Waals surface area contributed by atoms with Gasteiger partial charge in [0.1, 0.15) is 5.82 Å². The number of pyridine rings is 1. The van der Waals surface area contributed by atoms with Crippen LogP contribution < -0.4 is 10.6 Å². The summed E-state index contributed by atoms with van der Waals surface area (Å²) in [6, 6.07) is 2.65. The van der Waals surface area contributed by atoms with Gasteiger partial charge in [0.25, 0.3) is 0 Å². The number of alkyl halides is 3. The number of anilines is 1. The second-order valence-corrected chi connectivity index (χ2v) is 3.43. The molecule has 1 saturated heterocycles. The van der Waals surface area contributed by atoms with Crippen LogP contribution in [0, 0.1) is 0 Å². The van der Waals surface area contributed by atoms with Crippen LogP contribution in [0.1, 0.15) is 5.56 Å². The lowest BCUT2D eigenvalue weighted by molar-refractivity contribution is -0.137. The number of halogens is 4. The lowest BCUT2D eigenvalue weighted by Crippen LogP contribution is -2.51. The summed E-state index contributed by atoms with van der Waals surface area (Å²) in [6.45, 7) is 1.64. The summed E-state index contributed by atoms with van der Waals surface area (Å²) in [5.41, 5.74) is -0.722. The molecule has 1 aromatic rings. The van der Waals surface area contributed by atoms with Crippen molar-refractivity contribution in [2.75, 3.05) is 18.4 Å². The highest BCUT2D eigenvalue weighted by Gasteiger charge is 2.30. The van der Waals surface area contributed by atoms with E-state index in [1.165, 1.54) is 6.07 Å². The zero-order chi connectivity index (χ0) is 10.9. The SMILES string of the molecule is Cl.FC(F)(F)c1ccc(NC2CNC2)nc1. The summed E-state index contributed by atoms with van der Waals surface area (Å²) in [5, 5.41) is 6.06. The third kappa shape index (κ3) is 2.99. The highest BCUT2D eigenvalue weighted by atomic mass is 35.5. The van der Waals surface area contributed by atoms with Crippen LogP contribution in [0.25, 0.3) is 0 Å². The van der Waals surface area contributed by atoms with Crippen molar-refractivity contribution >= 4 is 18.2 Å². The van der Waals surface area contributed by atoms with Gasteiger partial charge in [-0.05, 0) is 12.1 Å². The van der Waals surface area contributed by atoms with Gasteiger partial charge in [-0.3, -0.25) is 0 Å². The molecule has 0 spiro atoms. The van der Waals surface area contributed by atoms with Gasteiger partial charge in [-0.1, -0.05) is 0 Å². The van der Waals surface area contributed by atoms with Crippen molar-refractivity contribution in [3.05, 3.63) is 23.9 Å². The number of nitrogens with zero attached hydrogens (tertiary/aromatic N) is 1. The van der Waals surface area contributed by atoms with Crippen LogP contribution in [-0.2, 0) is 6.18 Å². The Balaban J connectivity index is 0.00000128. The van der Waals surface area contributed by atoms with E-state index in [-0.39, 0.29) is 18.4 Å². The van der Waals surface area contributed by atoms with Gasteiger partial charge >= 0.3 is 6.18 Å². The molecule has 0 unspecified atom stereocenters. The second-order valence-electron chi connectivity index (χ2n) is 3.43. The van der Waals surface area contributed by atoms with E-state index in [1.807, 2.05) is 0 Å². The zero-order valence-corrected chi connectivity index (χ0v) is 9.03. The van der Waals surface area contributed by atoms with E-state index in [0.717, 1.165) is 25.4 Å². The van der Waals surface area contributed by atoms with Crippen molar-refractivity contribution in [3.63, 3.8) is 0 Å². The minimum Gasteiger partial charge on any atom is -0.365 e. The molecule has 1 aliphatic heterocycles. The van der Waals surface area contributed by atoms with Gasteiger partial charge in [-0.2, -0.15) is 13.2 Å². The number of nitrogens with one attached hydrogen (secondary N) is 2. The van der Waals surface area contributed by atoms with Crippen LogP contribution in [0.15, 0.2) is 18.3 Å². The topological polar surface area (TPSA) is 37.0 Å². The minimum atomic E-state index is -4.32. The summed E-state index contributed by atoms with van der Waals surface area (Å²) < 4.78 is 36.6. The smallest absolute Gasteiger partial charge is 0.365 e. The number of rotatable bonds is 2. The van der Waals surface area contributed by atoms with Crippen molar-refractivity contribution in [1.82, 2.24) is 10.3 Å². The summed E-state index contributed by atoms with van der Waals surface area (Å²) in [7, 11) is 0. The van der Waals surface area contributed by atoms with E-state index in [1.54, 1.807) is 0 Å². The normalized spacial score (nSPS) is 16.2. The first kappa shape index (κ1) is 13.1. The lowest BCUT2D eigenvalue weighted by atomic mass is 10.2. The molecule has 2 rings (SSSR count). The largest absolute Gasteiger partial charge is 0.417 e. The van der Waals surface area contributed by atoms with Gasteiger partial charge in [0.15, 0.2) is 0 Å². The Kier molecular flexibility index (Phi) is 3.98. The van der Waals surface area contributed by atoms with Gasteiger partial charge in [0.2, 0.25) is 0 Å². The van der Waals surface area contributed by atoms with Crippen molar-refractivity contribution in [3.8, 4) is 0 Å². The molecular weight excluding hydrogens is 243 g/mol. The van der Waals surface area contributed by atoms with Crippen molar-refractivity contribution in [2.24, 2.45) is 0 Å². The first-order valence-corrected chi connectivity index (χ1v) is 4.56. The average molecular weight is 254 g/mol. The second kappa shape index (κ2) is 4.88. The monoisotopic (exact) mass is 253 g/mol. The van der Waals surface area contributed by atoms with E-state index in [9.17, 15) is 13.2 Å². The number of hydrogen-bond acceptors (Lipinski definition) is 3. The van der Waals surface area contributed by atoms with Crippen LogP contribution in [0.2, 0.25) is 0 Å².